The second-order valence-corrected chi connectivity index (χ2v) is 6.12. The normalized spacial score (nSPS) is 12.9. The van der Waals surface area contributed by atoms with E-state index in [9.17, 15) is 9.90 Å². The highest BCUT2D eigenvalue weighted by Gasteiger charge is 1.98. The Balaban J connectivity index is 3.09. The second-order valence-electron chi connectivity index (χ2n) is 6.12. The van der Waals surface area contributed by atoms with Crippen molar-refractivity contribution in [3.63, 3.8) is 0 Å². The Morgan fingerprint density at radius 3 is 1.62 bits per heavy atom. The quantitative estimate of drug-likeness (QED) is 0.229. The largest absolute Gasteiger partial charge is 0.389 e. The fraction of sp³-hybridized carbons (Fsp3) is 0.842. The van der Waals surface area contributed by atoms with Crippen molar-refractivity contribution in [1.82, 2.24) is 0 Å². The molecule has 0 fully saturated rings. The molecular formula is C19H36O2. The Morgan fingerprint density at radius 2 is 1.19 bits per heavy atom. The van der Waals surface area contributed by atoms with Gasteiger partial charge in [0.1, 0.15) is 6.29 Å². The number of allylic oxidation sites excluding steroid dienone is 1. The van der Waals surface area contributed by atoms with Gasteiger partial charge in [0, 0.05) is 0 Å². The topological polar surface area (TPSA) is 37.3 Å². The molecule has 0 aromatic heterocycles. The third-order valence-electron chi connectivity index (χ3n) is 4.02. The van der Waals surface area contributed by atoms with Crippen molar-refractivity contribution in [2.75, 3.05) is 0 Å². The van der Waals surface area contributed by atoms with E-state index >= 15 is 0 Å². The van der Waals surface area contributed by atoms with Crippen molar-refractivity contribution < 1.29 is 9.90 Å². The molecule has 0 aromatic rings. The summed E-state index contributed by atoms with van der Waals surface area (Å²) in [6.45, 7) is 2.27. The molecule has 2 heteroatoms. The van der Waals surface area contributed by atoms with E-state index in [0.29, 0.717) is 6.29 Å². The Labute approximate surface area is 132 Å². The highest BCUT2D eigenvalue weighted by Crippen LogP contribution is 2.13. The molecule has 0 bridgehead atoms. The summed E-state index contributed by atoms with van der Waals surface area (Å²) in [5, 5.41) is 9.51. The molecule has 0 aliphatic rings. The first-order chi connectivity index (χ1) is 10.3. The van der Waals surface area contributed by atoms with Gasteiger partial charge in [-0.25, -0.2) is 0 Å². The minimum Gasteiger partial charge on any atom is -0.389 e. The van der Waals surface area contributed by atoms with Crippen LogP contribution in [0.25, 0.3) is 0 Å². The number of aliphatic hydroxyl groups is 1. The average molecular weight is 296 g/mol. The van der Waals surface area contributed by atoms with E-state index in [0.717, 1.165) is 12.8 Å². The molecule has 0 aliphatic heterocycles. The van der Waals surface area contributed by atoms with Crippen molar-refractivity contribution in [3.8, 4) is 0 Å². The van der Waals surface area contributed by atoms with Crippen molar-refractivity contribution in [3.05, 3.63) is 12.2 Å². The van der Waals surface area contributed by atoms with Crippen LogP contribution in [0.4, 0.5) is 0 Å². The molecule has 0 radical (unpaired) electrons. The average Bonchev–Trinajstić information content (AvgIpc) is 2.49. The number of aliphatic hydroxyl groups excluding tert-OH is 1. The number of hydrogen-bond donors (Lipinski definition) is 1. The monoisotopic (exact) mass is 296 g/mol. The molecule has 124 valence electrons. The molecule has 0 spiro atoms. The number of carbonyl (C=O) groups is 1. The lowest BCUT2D eigenvalue weighted by atomic mass is 10.0. The minimum absolute atomic E-state index is 0.442. The maximum atomic E-state index is 10.1. The fourth-order valence-corrected chi connectivity index (χ4v) is 2.64. The summed E-state index contributed by atoms with van der Waals surface area (Å²) in [6, 6.07) is 0. The lowest BCUT2D eigenvalue weighted by Crippen LogP contribution is -2.01. The maximum absolute atomic E-state index is 10.1. The van der Waals surface area contributed by atoms with Crippen molar-refractivity contribution in [2.24, 2.45) is 0 Å². The Hall–Kier alpha value is -0.630. The third kappa shape index (κ3) is 17.3. The molecular weight excluding hydrogens is 260 g/mol. The number of unbranched alkanes of at least 4 members (excludes halogenated alkanes) is 12. The third-order valence-corrected chi connectivity index (χ3v) is 4.02. The SMILES string of the molecule is CCCCCCCCCCCCCCCC(O)/C=C/C=O. The van der Waals surface area contributed by atoms with Crippen LogP contribution >= 0.6 is 0 Å². The van der Waals surface area contributed by atoms with Gasteiger partial charge >= 0.3 is 0 Å². The lowest BCUT2D eigenvalue weighted by molar-refractivity contribution is -0.104. The zero-order valence-corrected chi connectivity index (χ0v) is 14.1. The Morgan fingerprint density at radius 1 is 0.762 bits per heavy atom. The van der Waals surface area contributed by atoms with Crippen LogP contribution in [0.15, 0.2) is 12.2 Å². The molecule has 2 nitrogen and oxygen atoms in total. The smallest absolute Gasteiger partial charge is 0.142 e. The molecule has 1 N–H and O–H groups in total. The maximum Gasteiger partial charge on any atom is 0.142 e. The first kappa shape index (κ1) is 20.4. The van der Waals surface area contributed by atoms with E-state index < -0.39 is 6.10 Å². The molecule has 21 heavy (non-hydrogen) atoms. The predicted octanol–water partition coefficient (Wildman–Crippen LogP) is 5.58. The molecule has 0 amide bonds. The van der Waals surface area contributed by atoms with E-state index in [4.69, 9.17) is 0 Å². The van der Waals surface area contributed by atoms with Gasteiger partial charge in [0.05, 0.1) is 6.10 Å². The zero-order valence-electron chi connectivity index (χ0n) is 14.1. The molecule has 0 saturated heterocycles. The summed E-state index contributed by atoms with van der Waals surface area (Å²) in [4.78, 5) is 10.1. The van der Waals surface area contributed by atoms with E-state index in [2.05, 4.69) is 6.92 Å². The fourth-order valence-electron chi connectivity index (χ4n) is 2.64. The summed E-state index contributed by atoms with van der Waals surface area (Å²) in [5.41, 5.74) is 0. The van der Waals surface area contributed by atoms with E-state index in [1.54, 1.807) is 6.08 Å². The van der Waals surface area contributed by atoms with Gasteiger partial charge in [-0.3, -0.25) is 4.79 Å². The standard InChI is InChI=1S/C19H36O2/c1-2-3-4-5-6-7-8-9-10-11-12-13-14-16-19(21)17-15-18-20/h15,17-19,21H,2-14,16H2,1H3/b17-15+. The summed E-state index contributed by atoms with van der Waals surface area (Å²) in [6.07, 6.45) is 21.5. The van der Waals surface area contributed by atoms with Gasteiger partial charge in [0.15, 0.2) is 0 Å². The van der Waals surface area contributed by atoms with Crippen LogP contribution in [0, 0.1) is 0 Å². The van der Waals surface area contributed by atoms with E-state index in [1.807, 2.05) is 0 Å². The van der Waals surface area contributed by atoms with Gasteiger partial charge in [-0.05, 0) is 12.5 Å². The van der Waals surface area contributed by atoms with Crippen LogP contribution < -0.4 is 0 Å². The van der Waals surface area contributed by atoms with Gasteiger partial charge in [0.2, 0.25) is 0 Å². The molecule has 1 atom stereocenters. The van der Waals surface area contributed by atoms with Crippen molar-refractivity contribution in [2.45, 2.75) is 103 Å². The minimum atomic E-state index is -0.442. The highest BCUT2D eigenvalue weighted by molar-refractivity contribution is 5.64. The van der Waals surface area contributed by atoms with Crippen LogP contribution in [0.2, 0.25) is 0 Å². The van der Waals surface area contributed by atoms with Gasteiger partial charge in [-0.15, -0.1) is 0 Å². The molecule has 0 aliphatic carbocycles. The van der Waals surface area contributed by atoms with Gasteiger partial charge in [-0.2, -0.15) is 0 Å². The van der Waals surface area contributed by atoms with E-state index in [1.165, 1.54) is 83.1 Å². The molecule has 0 rings (SSSR count). The molecule has 0 aromatic carbocycles. The highest BCUT2D eigenvalue weighted by atomic mass is 16.3. The van der Waals surface area contributed by atoms with Crippen LogP contribution in [-0.4, -0.2) is 17.5 Å². The van der Waals surface area contributed by atoms with Gasteiger partial charge < -0.3 is 5.11 Å². The molecule has 0 saturated carbocycles. The number of hydrogen-bond acceptors (Lipinski definition) is 2. The summed E-state index contributed by atoms with van der Waals surface area (Å²) >= 11 is 0. The summed E-state index contributed by atoms with van der Waals surface area (Å²) in [5.74, 6) is 0. The number of carbonyl (C=O) groups excluding carboxylic acids is 1. The zero-order chi connectivity index (χ0) is 15.6. The molecule has 0 heterocycles. The van der Waals surface area contributed by atoms with Crippen LogP contribution in [-0.2, 0) is 4.79 Å². The lowest BCUT2D eigenvalue weighted by Gasteiger charge is -2.05. The number of aldehydes is 1. The Kier molecular flexibility index (Phi) is 16.9. The van der Waals surface area contributed by atoms with Crippen LogP contribution in [0.1, 0.15) is 96.8 Å². The second kappa shape index (κ2) is 17.4. The predicted molar refractivity (Wildman–Crippen MR) is 91.5 cm³/mol. The van der Waals surface area contributed by atoms with Crippen LogP contribution in [0.5, 0.6) is 0 Å². The van der Waals surface area contributed by atoms with Crippen molar-refractivity contribution in [1.29, 1.82) is 0 Å². The molecule has 1 unspecified atom stereocenters. The van der Waals surface area contributed by atoms with Gasteiger partial charge in [-0.1, -0.05) is 96.5 Å². The van der Waals surface area contributed by atoms with Crippen molar-refractivity contribution >= 4 is 6.29 Å². The summed E-state index contributed by atoms with van der Waals surface area (Å²) < 4.78 is 0. The summed E-state index contributed by atoms with van der Waals surface area (Å²) in [7, 11) is 0. The van der Waals surface area contributed by atoms with Gasteiger partial charge in [0.25, 0.3) is 0 Å². The first-order valence-corrected chi connectivity index (χ1v) is 9.11. The number of rotatable bonds is 16. The van der Waals surface area contributed by atoms with E-state index in [-0.39, 0.29) is 0 Å². The first-order valence-electron chi connectivity index (χ1n) is 9.11. The van der Waals surface area contributed by atoms with Crippen LogP contribution in [0.3, 0.4) is 0 Å². The Bertz CT molecular complexity index is 236.